The van der Waals surface area contributed by atoms with E-state index in [0.29, 0.717) is 31.4 Å². The second kappa shape index (κ2) is 9.44. The van der Waals surface area contributed by atoms with Gasteiger partial charge in [0.1, 0.15) is 11.2 Å². The molecule has 0 heterocycles. The van der Waals surface area contributed by atoms with E-state index in [-0.39, 0.29) is 22.9 Å². The predicted octanol–water partition coefficient (Wildman–Crippen LogP) is 3.05. The average Bonchev–Trinajstić information content (AvgIpc) is 3.20. The number of carboxylic acid groups (broad SMARTS) is 1. The second-order valence-electron chi connectivity index (χ2n) is 6.83. The molecule has 2 unspecified atom stereocenters. The lowest BCUT2D eigenvalue weighted by atomic mass is 10.0. The van der Waals surface area contributed by atoms with Gasteiger partial charge in [-0.15, -0.1) is 11.8 Å². The first-order valence-electron chi connectivity index (χ1n) is 8.97. The molecule has 5 nitrogen and oxygen atoms in total. The Labute approximate surface area is 157 Å². The minimum atomic E-state index is -1.92. The summed E-state index contributed by atoms with van der Waals surface area (Å²) in [7, 11) is 0. The van der Waals surface area contributed by atoms with Crippen LogP contribution in [0.2, 0.25) is 0 Å². The molecule has 2 aliphatic carbocycles. The van der Waals surface area contributed by atoms with E-state index in [9.17, 15) is 24.9 Å². The first kappa shape index (κ1) is 20.8. The number of aliphatic carboxylic acids is 1. The number of hydrogen-bond donors (Lipinski definition) is 3. The van der Waals surface area contributed by atoms with Gasteiger partial charge in [0, 0.05) is 12.3 Å². The van der Waals surface area contributed by atoms with Crippen LogP contribution in [-0.4, -0.2) is 48.4 Å². The molecule has 0 radical (unpaired) electrons. The van der Waals surface area contributed by atoms with Gasteiger partial charge in [0.05, 0.1) is 5.25 Å². The van der Waals surface area contributed by atoms with Crippen LogP contribution in [0.4, 0.5) is 0 Å². The standard InChI is InChI=1S/C18H28O5S2/c1-2-5-12-8-9-14(19)16(12)24-11-10-15(20)25-18(23,17(21)22)13-6-3-4-7-13/h2,5,12-13,15-16,20,23H,3-4,6-11H2,1H3,(H,21,22)/t12-,15?,16+,18?/m0/s1. The fraction of sp³-hybridized carbons (Fsp3) is 0.778. The number of rotatable bonds is 9. The van der Waals surface area contributed by atoms with Gasteiger partial charge in [-0.25, -0.2) is 4.79 Å². The average molecular weight is 389 g/mol. The van der Waals surface area contributed by atoms with Crippen molar-refractivity contribution in [2.75, 3.05) is 5.75 Å². The highest BCUT2D eigenvalue weighted by molar-refractivity contribution is 8.02. The maximum absolute atomic E-state index is 12.0. The van der Waals surface area contributed by atoms with E-state index in [1.807, 2.05) is 13.0 Å². The number of Topliss-reactive ketones (excluding diaryl/α,β-unsaturated/α-hetero) is 1. The molecule has 0 aromatic carbocycles. The van der Waals surface area contributed by atoms with E-state index in [1.54, 1.807) is 0 Å². The lowest BCUT2D eigenvalue weighted by molar-refractivity contribution is -0.153. The molecule has 0 aliphatic heterocycles. The molecule has 2 rings (SSSR count). The highest BCUT2D eigenvalue weighted by atomic mass is 32.2. The maximum atomic E-state index is 12.0. The van der Waals surface area contributed by atoms with Crippen LogP contribution in [0.3, 0.4) is 0 Å². The molecule has 0 aromatic heterocycles. The Morgan fingerprint density at radius 3 is 2.64 bits per heavy atom. The first-order chi connectivity index (χ1) is 11.9. The predicted molar refractivity (Wildman–Crippen MR) is 102 cm³/mol. The smallest absolute Gasteiger partial charge is 0.346 e. The molecule has 2 fully saturated rings. The Morgan fingerprint density at radius 2 is 2.04 bits per heavy atom. The van der Waals surface area contributed by atoms with Crippen molar-refractivity contribution >= 4 is 35.3 Å². The number of carbonyl (C=O) groups is 2. The molecular weight excluding hydrogens is 360 g/mol. The van der Waals surface area contributed by atoms with Crippen molar-refractivity contribution in [3.8, 4) is 0 Å². The minimum Gasteiger partial charge on any atom is -0.478 e. The molecule has 0 bridgehead atoms. The van der Waals surface area contributed by atoms with Crippen LogP contribution >= 0.6 is 23.5 Å². The molecule has 0 spiro atoms. The number of aliphatic hydroxyl groups excluding tert-OH is 1. The van der Waals surface area contributed by atoms with Gasteiger partial charge in [-0.3, -0.25) is 4.79 Å². The van der Waals surface area contributed by atoms with Crippen LogP contribution in [0.15, 0.2) is 12.2 Å². The lowest BCUT2D eigenvalue weighted by Gasteiger charge is -2.31. The molecule has 4 atom stereocenters. The number of hydrogen-bond acceptors (Lipinski definition) is 6. The third-order valence-corrected chi connectivity index (χ3v) is 7.88. The highest BCUT2D eigenvalue weighted by Crippen LogP contribution is 2.43. The molecule has 25 heavy (non-hydrogen) atoms. The van der Waals surface area contributed by atoms with Crippen molar-refractivity contribution in [3.63, 3.8) is 0 Å². The van der Waals surface area contributed by atoms with Crippen molar-refractivity contribution in [1.82, 2.24) is 0 Å². The summed E-state index contributed by atoms with van der Waals surface area (Å²) in [5, 5.41) is 30.1. The van der Waals surface area contributed by atoms with Crippen LogP contribution in [0.25, 0.3) is 0 Å². The summed E-state index contributed by atoms with van der Waals surface area (Å²) in [5.74, 6) is -0.507. The van der Waals surface area contributed by atoms with E-state index in [2.05, 4.69) is 6.08 Å². The van der Waals surface area contributed by atoms with Crippen molar-refractivity contribution in [3.05, 3.63) is 12.2 Å². The molecule has 2 saturated carbocycles. The lowest BCUT2D eigenvalue weighted by Crippen LogP contribution is -2.43. The third kappa shape index (κ3) is 5.25. The Hall–Kier alpha value is -0.500. The quantitative estimate of drug-likeness (QED) is 0.413. The first-order valence-corrected chi connectivity index (χ1v) is 10.9. The molecule has 0 amide bonds. The van der Waals surface area contributed by atoms with Crippen LogP contribution in [-0.2, 0) is 9.59 Å². The monoisotopic (exact) mass is 388 g/mol. The van der Waals surface area contributed by atoms with Gasteiger partial charge in [0.2, 0.25) is 4.93 Å². The van der Waals surface area contributed by atoms with E-state index >= 15 is 0 Å². The molecule has 3 N–H and O–H groups in total. The Bertz CT molecular complexity index is 504. The molecule has 7 heteroatoms. The highest BCUT2D eigenvalue weighted by Gasteiger charge is 2.47. The van der Waals surface area contributed by atoms with Gasteiger partial charge in [0.15, 0.2) is 0 Å². The fourth-order valence-corrected chi connectivity index (χ4v) is 6.42. The van der Waals surface area contributed by atoms with Gasteiger partial charge < -0.3 is 15.3 Å². The van der Waals surface area contributed by atoms with Gasteiger partial charge in [0.25, 0.3) is 0 Å². The SMILES string of the molecule is CC=C[C@H]1CCC(=O)[C@@H]1SCCC(O)SC(O)(C(=O)O)C1CCCC1. The zero-order chi connectivity index (χ0) is 18.4. The number of allylic oxidation sites excluding steroid dienone is 2. The largest absolute Gasteiger partial charge is 0.478 e. The fourth-order valence-electron chi connectivity index (χ4n) is 3.70. The topological polar surface area (TPSA) is 94.8 Å². The van der Waals surface area contributed by atoms with E-state index in [0.717, 1.165) is 31.0 Å². The van der Waals surface area contributed by atoms with Crippen molar-refractivity contribution in [1.29, 1.82) is 0 Å². The van der Waals surface area contributed by atoms with Gasteiger partial charge >= 0.3 is 5.97 Å². The minimum absolute atomic E-state index is 0.0680. The Morgan fingerprint density at radius 1 is 1.36 bits per heavy atom. The zero-order valence-electron chi connectivity index (χ0n) is 14.6. The summed E-state index contributed by atoms with van der Waals surface area (Å²) in [4.78, 5) is 21.6. The van der Waals surface area contributed by atoms with Crippen LogP contribution in [0.5, 0.6) is 0 Å². The second-order valence-corrected chi connectivity index (χ2v) is 9.48. The van der Waals surface area contributed by atoms with E-state index < -0.39 is 16.3 Å². The zero-order valence-corrected chi connectivity index (χ0v) is 16.2. The summed E-state index contributed by atoms with van der Waals surface area (Å²) in [6.45, 7) is 1.95. The molecular formula is C18H28O5S2. The molecule has 0 saturated heterocycles. The summed E-state index contributed by atoms with van der Waals surface area (Å²) in [5.41, 5.74) is -0.953. The number of carbonyl (C=O) groups excluding carboxylic acids is 1. The number of carboxylic acids is 1. The molecule has 0 aromatic rings. The van der Waals surface area contributed by atoms with Gasteiger partial charge in [-0.2, -0.15) is 0 Å². The summed E-state index contributed by atoms with van der Waals surface area (Å²) < 4.78 is 0. The van der Waals surface area contributed by atoms with Crippen molar-refractivity contribution in [2.24, 2.45) is 11.8 Å². The molecule has 142 valence electrons. The van der Waals surface area contributed by atoms with Gasteiger partial charge in [-0.05, 0) is 44.3 Å². The molecule has 2 aliphatic rings. The summed E-state index contributed by atoms with van der Waals surface area (Å²) in [6.07, 6.45) is 9.06. The van der Waals surface area contributed by atoms with Gasteiger partial charge in [-0.1, -0.05) is 36.8 Å². The maximum Gasteiger partial charge on any atom is 0.346 e. The van der Waals surface area contributed by atoms with Crippen molar-refractivity contribution < 1.29 is 24.9 Å². The normalized spacial score (nSPS) is 28.5. The van der Waals surface area contributed by atoms with Crippen LogP contribution in [0.1, 0.15) is 51.9 Å². The summed E-state index contributed by atoms with van der Waals surface area (Å²) in [6, 6.07) is 0. The Kier molecular flexibility index (Phi) is 7.86. The third-order valence-electron chi connectivity index (χ3n) is 5.06. The van der Waals surface area contributed by atoms with Crippen LogP contribution in [0, 0.1) is 11.8 Å². The summed E-state index contributed by atoms with van der Waals surface area (Å²) >= 11 is 2.28. The number of ketones is 1. The van der Waals surface area contributed by atoms with Crippen LogP contribution < -0.4 is 0 Å². The van der Waals surface area contributed by atoms with Crippen molar-refractivity contribution in [2.45, 2.75) is 67.5 Å². The Balaban J connectivity index is 1.83. The number of aliphatic hydroxyl groups is 2. The van der Waals surface area contributed by atoms with E-state index in [1.165, 1.54) is 11.8 Å². The number of thioether (sulfide) groups is 2. The van der Waals surface area contributed by atoms with E-state index in [4.69, 9.17) is 0 Å².